The lowest BCUT2D eigenvalue weighted by atomic mass is 10.1. The maximum absolute atomic E-state index is 12.8. The van der Waals surface area contributed by atoms with Crippen LogP contribution in [0.2, 0.25) is 5.02 Å². The molecule has 0 aliphatic rings. The Bertz CT molecular complexity index is 1040. The molecule has 162 valence electrons. The summed E-state index contributed by atoms with van der Waals surface area (Å²) in [5, 5.41) is 3.51. The molecule has 0 heterocycles. The van der Waals surface area contributed by atoms with Crippen molar-refractivity contribution in [2.45, 2.75) is 13.5 Å². The molecule has 1 amide bonds. The standard InChI is InChI=1S/C24H24ClNO5/c1-4-30-21-11-5-16(13-17(21)15-31-20-9-6-18(25)7-10-20)24(27)26-19-8-12-22(28-2)23(14-19)29-3/h5-14H,4,15H2,1-3H3,(H,26,27). The minimum atomic E-state index is -0.261. The molecule has 1 N–H and O–H groups in total. The smallest absolute Gasteiger partial charge is 0.255 e. The van der Waals surface area contributed by atoms with Gasteiger partial charge in [0.05, 0.1) is 20.8 Å². The van der Waals surface area contributed by atoms with Gasteiger partial charge in [-0.05, 0) is 61.5 Å². The first kappa shape index (κ1) is 22.3. The lowest BCUT2D eigenvalue weighted by molar-refractivity contribution is 0.102. The summed E-state index contributed by atoms with van der Waals surface area (Å²) in [5.41, 5.74) is 1.83. The van der Waals surface area contributed by atoms with Crippen molar-refractivity contribution in [1.29, 1.82) is 0 Å². The molecule has 0 aliphatic heterocycles. The number of halogens is 1. The highest BCUT2D eigenvalue weighted by Gasteiger charge is 2.13. The molecule has 0 atom stereocenters. The lowest BCUT2D eigenvalue weighted by Crippen LogP contribution is -2.13. The first-order valence-corrected chi connectivity index (χ1v) is 10.1. The number of rotatable bonds is 9. The minimum Gasteiger partial charge on any atom is -0.493 e. The Hall–Kier alpha value is -3.38. The number of nitrogens with one attached hydrogen (secondary N) is 1. The molecule has 0 unspecified atom stereocenters. The maximum atomic E-state index is 12.8. The van der Waals surface area contributed by atoms with Gasteiger partial charge in [-0.2, -0.15) is 0 Å². The highest BCUT2D eigenvalue weighted by Crippen LogP contribution is 2.30. The molecular formula is C24H24ClNO5. The second-order valence-electron chi connectivity index (χ2n) is 6.52. The Morgan fingerprint density at radius 1 is 0.871 bits per heavy atom. The van der Waals surface area contributed by atoms with Gasteiger partial charge in [0, 0.05) is 27.9 Å². The summed E-state index contributed by atoms with van der Waals surface area (Å²) < 4.78 is 22.1. The number of hydrogen-bond acceptors (Lipinski definition) is 5. The van der Waals surface area contributed by atoms with E-state index in [1.165, 1.54) is 0 Å². The average Bonchev–Trinajstić information content (AvgIpc) is 2.79. The van der Waals surface area contributed by atoms with Crippen LogP contribution in [0.3, 0.4) is 0 Å². The third-order valence-corrected chi connectivity index (χ3v) is 4.72. The highest BCUT2D eigenvalue weighted by molar-refractivity contribution is 6.30. The molecular weight excluding hydrogens is 418 g/mol. The molecule has 0 bridgehead atoms. The van der Waals surface area contributed by atoms with Crippen LogP contribution in [0, 0.1) is 0 Å². The normalized spacial score (nSPS) is 10.3. The molecule has 0 saturated carbocycles. The van der Waals surface area contributed by atoms with Crippen molar-refractivity contribution in [1.82, 2.24) is 0 Å². The summed E-state index contributed by atoms with van der Waals surface area (Å²) in [6.45, 7) is 2.65. The highest BCUT2D eigenvalue weighted by atomic mass is 35.5. The Kier molecular flexibility index (Phi) is 7.62. The summed E-state index contributed by atoms with van der Waals surface area (Å²) in [7, 11) is 3.10. The van der Waals surface area contributed by atoms with E-state index in [2.05, 4.69) is 5.32 Å². The van der Waals surface area contributed by atoms with E-state index in [1.807, 2.05) is 6.92 Å². The fourth-order valence-electron chi connectivity index (χ4n) is 2.94. The summed E-state index contributed by atoms with van der Waals surface area (Å²) >= 11 is 5.92. The van der Waals surface area contributed by atoms with Crippen molar-refractivity contribution in [3.05, 3.63) is 76.8 Å². The number of anilines is 1. The van der Waals surface area contributed by atoms with Gasteiger partial charge in [0.25, 0.3) is 5.91 Å². The monoisotopic (exact) mass is 441 g/mol. The molecule has 0 spiro atoms. The van der Waals surface area contributed by atoms with Crippen LogP contribution in [0.15, 0.2) is 60.7 Å². The second kappa shape index (κ2) is 10.6. The molecule has 6 nitrogen and oxygen atoms in total. The van der Waals surface area contributed by atoms with Gasteiger partial charge in [0.1, 0.15) is 18.1 Å². The zero-order valence-corrected chi connectivity index (χ0v) is 18.4. The third kappa shape index (κ3) is 5.83. The predicted octanol–water partition coefficient (Wildman–Crippen LogP) is 5.59. The van der Waals surface area contributed by atoms with Crippen molar-refractivity contribution in [2.75, 3.05) is 26.1 Å². The SMILES string of the molecule is CCOc1ccc(C(=O)Nc2ccc(OC)c(OC)c2)cc1COc1ccc(Cl)cc1. The number of amides is 1. The topological polar surface area (TPSA) is 66.0 Å². The Balaban J connectivity index is 1.78. The Morgan fingerprint density at radius 2 is 1.58 bits per heavy atom. The van der Waals surface area contributed by atoms with Crippen molar-refractivity contribution < 1.29 is 23.7 Å². The van der Waals surface area contributed by atoms with Crippen LogP contribution in [-0.2, 0) is 6.61 Å². The van der Waals surface area contributed by atoms with Gasteiger partial charge in [0.2, 0.25) is 0 Å². The molecule has 3 aromatic rings. The van der Waals surface area contributed by atoms with Gasteiger partial charge in [-0.1, -0.05) is 11.6 Å². The van der Waals surface area contributed by atoms with E-state index in [-0.39, 0.29) is 12.5 Å². The average molecular weight is 442 g/mol. The van der Waals surface area contributed by atoms with Gasteiger partial charge >= 0.3 is 0 Å². The number of carbonyl (C=O) groups is 1. The zero-order chi connectivity index (χ0) is 22.2. The fraction of sp³-hybridized carbons (Fsp3) is 0.208. The molecule has 0 saturated heterocycles. The lowest BCUT2D eigenvalue weighted by Gasteiger charge is -2.14. The molecule has 0 aliphatic carbocycles. The van der Waals surface area contributed by atoms with Crippen LogP contribution in [0.1, 0.15) is 22.8 Å². The second-order valence-corrected chi connectivity index (χ2v) is 6.96. The minimum absolute atomic E-state index is 0.244. The van der Waals surface area contributed by atoms with E-state index in [0.717, 1.165) is 5.56 Å². The number of hydrogen-bond donors (Lipinski definition) is 1. The first-order valence-electron chi connectivity index (χ1n) is 9.71. The summed E-state index contributed by atoms with van der Waals surface area (Å²) in [6.07, 6.45) is 0. The van der Waals surface area contributed by atoms with E-state index < -0.39 is 0 Å². The summed E-state index contributed by atoms with van der Waals surface area (Å²) in [5.74, 6) is 2.20. The Morgan fingerprint density at radius 3 is 2.26 bits per heavy atom. The summed E-state index contributed by atoms with van der Waals surface area (Å²) in [4.78, 5) is 12.8. The fourth-order valence-corrected chi connectivity index (χ4v) is 3.06. The largest absolute Gasteiger partial charge is 0.493 e. The number of methoxy groups -OCH3 is 2. The maximum Gasteiger partial charge on any atom is 0.255 e. The van der Waals surface area contributed by atoms with Gasteiger partial charge in [-0.3, -0.25) is 4.79 Å². The molecule has 7 heteroatoms. The van der Waals surface area contributed by atoms with Crippen LogP contribution < -0.4 is 24.3 Å². The number of carbonyl (C=O) groups excluding carboxylic acids is 1. The van der Waals surface area contributed by atoms with Crippen molar-refractivity contribution in [3.8, 4) is 23.0 Å². The van der Waals surface area contributed by atoms with E-state index in [9.17, 15) is 4.79 Å². The third-order valence-electron chi connectivity index (χ3n) is 4.47. The first-order chi connectivity index (χ1) is 15.0. The summed E-state index contributed by atoms with van der Waals surface area (Å²) in [6, 6.07) is 17.5. The zero-order valence-electron chi connectivity index (χ0n) is 17.6. The van der Waals surface area contributed by atoms with Gasteiger partial charge in [0.15, 0.2) is 11.5 Å². The Labute approximate surface area is 186 Å². The van der Waals surface area contributed by atoms with Crippen LogP contribution >= 0.6 is 11.6 Å². The van der Waals surface area contributed by atoms with Gasteiger partial charge in [-0.25, -0.2) is 0 Å². The quantitative estimate of drug-likeness (QED) is 0.469. The van der Waals surface area contributed by atoms with E-state index in [4.69, 9.17) is 30.5 Å². The predicted molar refractivity (Wildman–Crippen MR) is 121 cm³/mol. The number of ether oxygens (including phenoxy) is 4. The van der Waals surface area contributed by atoms with Crippen molar-refractivity contribution in [2.24, 2.45) is 0 Å². The molecule has 0 radical (unpaired) electrons. The van der Waals surface area contributed by atoms with Crippen molar-refractivity contribution in [3.63, 3.8) is 0 Å². The van der Waals surface area contributed by atoms with Gasteiger partial charge in [-0.15, -0.1) is 0 Å². The number of benzene rings is 3. The molecule has 3 rings (SSSR count). The molecule has 0 aromatic heterocycles. The van der Waals surface area contributed by atoms with Crippen LogP contribution in [0.5, 0.6) is 23.0 Å². The van der Waals surface area contributed by atoms with E-state index >= 15 is 0 Å². The molecule has 31 heavy (non-hydrogen) atoms. The van der Waals surface area contributed by atoms with Crippen LogP contribution in [0.25, 0.3) is 0 Å². The van der Waals surface area contributed by atoms with Crippen LogP contribution in [0.4, 0.5) is 5.69 Å². The van der Waals surface area contributed by atoms with Gasteiger partial charge < -0.3 is 24.3 Å². The van der Waals surface area contributed by atoms with Crippen molar-refractivity contribution >= 4 is 23.2 Å². The van der Waals surface area contributed by atoms with E-state index in [1.54, 1.807) is 74.9 Å². The molecule has 0 fully saturated rings. The van der Waals surface area contributed by atoms with E-state index in [0.29, 0.717) is 45.9 Å². The molecule has 3 aromatic carbocycles. The van der Waals surface area contributed by atoms with Crippen LogP contribution in [-0.4, -0.2) is 26.7 Å².